The molecule has 1 heterocycles. The molecule has 0 atom stereocenters. The number of alkyl halides is 2. The summed E-state index contributed by atoms with van der Waals surface area (Å²) in [6.07, 6.45) is 0. The molecule has 0 bridgehead atoms. The maximum atomic E-state index is 13.1. The number of rotatable bonds is 5. The Kier molecular flexibility index (Phi) is 6.53. The van der Waals surface area contributed by atoms with Crippen molar-refractivity contribution in [2.24, 2.45) is 0 Å². The first-order valence-corrected chi connectivity index (χ1v) is 8.24. The average Bonchev–Trinajstić information content (AvgIpc) is 2.92. The third kappa shape index (κ3) is 3.90. The molecule has 7 nitrogen and oxygen atoms in total. The number of halogens is 2. The minimum atomic E-state index is -3.02. The van der Waals surface area contributed by atoms with E-state index in [-0.39, 0.29) is 58.5 Å². The number of ether oxygens (including phenoxy) is 1. The Morgan fingerprint density at radius 1 is 1.24 bits per heavy atom. The number of nitrogens with zero attached hydrogens (tertiary/aromatic N) is 3. The first-order valence-electron chi connectivity index (χ1n) is 8.24. The fraction of sp³-hybridized carbons (Fsp3) is 0.211. The monoisotopic (exact) mass is 395 g/mol. The molecular formula is C19H16F2LiN3O4. The molecule has 3 aromatic rings. The number of fused-ring (bicyclic) bond motifs is 1. The predicted molar refractivity (Wildman–Crippen MR) is 103 cm³/mol. The molecule has 0 saturated heterocycles. The van der Waals surface area contributed by atoms with Gasteiger partial charge < -0.3 is 9.84 Å². The van der Waals surface area contributed by atoms with Crippen LogP contribution >= 0.6 is 0 Å². The molecule has 0 unspecified atom stereocenters. The van der Waals surface area contributed by atoms with Crippen molar-refractivity contribution in [1.29, 1.82) is 5.26 Å². The van der Waals surface area contributed by atoms with E-state index in [0.717, 1.165) is 0 Å². The SMILES string of the molecule is CC(C)n1c(=O)n(-c2cccc(OC(F)F)c2)c2ccc(C(=O)O)c(C#N)c21.[LiH]. The van der Waals surface area contributed by atoms with Crippen LogP contribution in [0.4, 0.5) is 8.78 Å². The number of imidazole rings is 1. The summed E-state index contributed by atoms with van der Waals surface area (Å²) < 4.78 is 32.0. The summed E-state index contributed by atoms with van der Waals surface area (Å²) in [4.78, 5) is 24.6. The van der Waals surface area contributed by atoms with E-state index in [1.54, 1.807) is 13.8 Å². The molecule has 3 rings (SSSR count). The number of benzene rings is 2. The van der Waals surface area contributed by atoms with Gasteiger partial charge in [-0.05, 0) is 38.1 Å². The quantitative estimate of drug-likeness (QED) is 0.670. The Balaban J connectivity index is 0.00000300. The zero-order valence-electron chi connectivity index (χ0n) is 14.9. The number of hydrogen-bond acceptors (Lipinski definition) is 4. The van der Waals surface area contributed by atoms with E-state index in [4.69, 9.17) is 0 Å². The van der Waals surface area contributed by atoms with Crippen molar-refractivity contribution in [2.45, 2.75) is 26.5 Å². The molecule has 1 aromatic heterocycles. The van der Waals surface area contributed by atoms with E-state index in [9.17, 15) is 28.7 Å². The number of aromatic nitrogens is 2. The van der Waals surface area contributed by atoms with Gasteiger partial charge >= 0.3 is 37.1 Å². The van der Waals surface area contributed by atoms with Crippen LogP contribution in [0.2, 0.25) is 0 Å². The molecule has 2 aromatic carbocycles. The molecule has 0 aliphatic carbocycles. The van der Waals surface area contributed by atoms with Crippen molar-refractivity contribution in [3.05, 3.63) is 58.0 Å². The Hall–Kier alpha value is -3.07. The van der Waals surface area contributed by atoms with E-state index in [1.165, 1.54) is 45.5 Å². The van der Waals surface area contributed by atoms with Gasteiger partial charge in [0, 0.05) is 12.1 Å². The molecular weight excluding hydrogens is 379 g/mol. The predicted octanol–water partition coefficient (Wildman–Crippen LogP) is 2.90. The van der Waals surface area contributed by atoms with Gasteiger partial charge in [0.15, 0.2) is 0 Å². The minimum absolute atomic E-state index is 0. The van der Waals surface area contributed by atoms with Crippen LogP contribution in [0.25, 0.3) is 16.7 Å². The van der Waals surface area contributed by atoms with Gasteiger partial charge in [-0.3, -0.25) is 9.13 Å². The maximum absolute atomic E-state index is 13.1. The number of nitriles is 1. The molecule has 0 saturated carbocycles. The van der Waals surface area contributed by atoms with Gasteiger partial charge in [-0.15, -0.1) is 0 Å². The summed E-state index contributed by atoms with van der Waals surface area (Å²) in [7, 11) is 0. The zero-order chi connectivity index (χ0) is 20.6. The number of carboxylic acids is 1. The molecule has 0 aliphatic heterocycles. The molecule has 146 valence electrons. The van der Waals surface area contributed by atoms with E-state index in [2.05, 4.69) is 4.74 Å². The summed E-state index contributed by atoms with van der Waals surface area (Å²) in [5.74, 6) is -1.42. The van der Waals surface area contributed by atoms with E-state index >= 15 is 0 Å². The van der Waals surface area contributed by atoms with Crippen molar-refractivity contribution < 1.29 is 23.4 Å². The number of aromatic carboxylic acids is 1. The Morgan fingerprint density at radius 2 is 1.93 bits per heavy atom. The zero-order valence-corrected chi connectivity index (χ0v) is 14.9. The van der Waals surface area contributed by atoms with Crippen molar-refractivity contribution in [3.63, 3.8) is 0 Å². The number of carboxylic acid groups (broad SMARTS) is 1. The van der Waals surface area contributed by atoms with Crippen LogP contribution in [0.3, 0.4) is 0 Å². The normalized spacial score (nSPS) is 10.8. The molecule has 29 heavy (non-hydrogen) atoms. The van der Waals surface area contributed by atoms with Crippen LogP contribution in [0, 0.1) is 11.3 Å². The van der Waals surface area contributed by atoms with Gasteiger partial charge in [-0.1, -0.05) is 6.07 Å². The molecule has 0 radical (unpaired) electrons. The van der Waals surface area contributed by atoms with Gasteiger partial charge in [0.05, 0.1) is 27.8 Å². The first kappa shape index (κ1) is 22.2. The molecule has 0 fully saturated rings. The van der Waals surface area contributed by atoms with E-state index < -0.39 is 18.3 Å². The van der Waals surface area contributed by atoms with Crippen LogP contribution in [-0.4, -0.2) is 45.7 Å². The summed E-state index contributed by atoms with van der Waals surface area (Å²) in [6.45, 7) is 0.416. The first-order chi connectivity index (χ1) is 13.3. The molecule has 0 amide bonds. The van der Waals surface area contributed by atoms with Crippen LogP contribution in [0.15, 0.2) is 41.2 Å². The fourth-order valence-electron chi connectivity index (χ4n) is 3.13. The second-order valence-corrected chi connectivity index (χ2v) is 6.23. The molecule has 0 aliphatic rings. The average molecular weight is 395 g/mol. The van der Waals surface area contributed by atoms with Gasteiger partial charge in [0.2, 0.25) is 0 Å². The Bertz CT molecular complexity index is 1180. The molecule has 10 heteroatoms. The van der Waals surface area contributed by atoms with Crippen molar-refractivity contribution in [3.8, 4) is 17.5 Å². The number of carbonyl (C=O) groups is 1. The van der Waals surface area contributed by atoms with Crippen LogP contribution in [0.5, 0.6) is 5.75 Å². The van der Waals surface area contributed by atoms with Gasteiger partial charge in [-0.25, -0.2) is 9.59 Å². The second-order valence-electron chi connectivity index (χ2n) is 6.23. The summed E-state index contributed by atoms with van der Waals surface area (Å²) in [6, 6.07) is 9.72. The Morgan fingerprint density at radius 3 is 2.48 bits per heavy atom. The number of hydrogen-bond donors (Lipinski definition) is 1. The standard InChI is InChI=1S/C19H15F2N3O4.Li.H/c1-10(2)23-16-14(9-22)13(17(25)26)6-7-15(16)24(19(23)27)11-4-3-5-12(8-11)28-18(20)21;;/h3-8,10,18H,1-2H3,(H,25,26);;. The van der Waals surface area contributed by atoms with Gasteiger partial charge in [-0.2, -0.15) is 14.0 Å². The summed E-state index contributed by atoms with van der Waals surface area (Å²) >= 11 is 0. The fourth-order valence-corrected chi connectivity index (χ4v) is 3.13. The van der Waals surface area contributed by atoms with Crippen molar-refractivity contribution in [1.82, 2.24) is 9.13 Å². The van der Waals surface area contributed by atoms with Crippen molar-refractivity contribution in [2.75, 3.05) is 0 Å². The van der Waals surface area contributed by atoms with Gasteiger partial charge in [0.25, 0.3) is 0 Å². The third-order valence-corrected chi connectivity index (χ3v) is 4.20. The second kappa shape index (κ2) is 8.52. The molecule has 1 N–H and O–H groups in total. The molecule has 0 spiro atoms. The van der Waals surface area contributed by atoms with Crippen LogP contribution in [0.1, 0.15) is 35.8 Å². The summed E-state index contributed by atoms with van der Waals surface area (Å²) in [5.41, 5.74) is -0.194. The van der Waals surface area contributed by atoms with Gasteiger partial charge in [0.1, 0.15) is 11.8 Å². The Labute approximate surface area is 175 Å². The van der Waals surface area contributed by atoms with E-state index in [0.29, 0.717) is 0 Å². The van der Waals surface area contributed by atoms with E-state index in [1.807, 2.05) is 6.07 Å². The topological polar surface area (TPSA) is 97.2 Å². The third-order valence-electron chi connectivity index (χ3n) is 4.20. The van der Waals surface area contributed by atoms with Crippen LogP contribution < -0.4 is 10.4 Å². The van der Waals surface area contributed by atoms with Crippen molar-refractivity contribution >= 4 is 35.9 Å². The summed E-state index contributed by atoms with van der Waals surface area (Å²) in [5, 5.41) is 18.9. The van der Waals surface area contributed by atoms with Crippen LogP contribution in [-0.2, 0) is 0 Å².